The monoisotopic (exact) mass is 270 g/mol. The molecule has 0 N–H and O–H groups in total. The molecule has 15 heavy (non-hydrogen) atoms. The van der Waals surface area contributed by atoms with Crippen molar-refractivity contribution in [2.75, 3.05) is 5.33 Å². The summed E-state index contributed by atoms with van der Waals surface area (Å²) in [6.45, 7) is 6.40. The van der Waals surface area contributed by atoms with Crippen LogP contribution in [0.1, 0.15) is 37.5 Å². The third-order valence-corrected chi connectivity index (χ3v) is 3.24. The zero-order valence-corrected chi connectivity index (χ0v) is 11.3. The number of alkyl halides is 1. The number of rotatable bonds is 5. The van der Waals surface area contributed by atoms with E-state index in [2.05, 4.69) is 61.0 Å². The largest absolute Gasteiger partial charge is 0.370 e. The Kier molecular flexibility index (Phi) is 5.34. The van der Waals surface area contributed by atoms with Crippen LogP contribution >= 0.6 is 15.9 Å². The maximum Gasteiger partial charge on any atom is 0.0927 e. The Morgan fingerprint density at radius 3 is 2.53 bits per heavy atom. The van der Waals surface area contributed by atoms with E-state index in [0.29, 0.717) is 6.10 Å². The first kappa shape index (κ1) is 12.7. The zero-order chi connectivity index (χ0) is 11.3. The van der Waals surface area contributed by atoms with E-state index in [-0.39, 0.29) is 6.10 Å². The fraction of sp³-hybridized carbons (Fsp3) is 0.538. The molecule has 0 aliphatic heterocycles. The van der Waals surface area contributed by atoms with E-state index in [0.717, 1.165) is 11.8 Å². The van der Waals surface area contributed by atoms with Crippen LogP contribution in [0.4, 0.5) is 0 Å². The van der Waals surface area contributed by atoms with Crippen molar-refractivity contribution in [3.05, 3.63) is 35.4 Å². The van der Waals surface area contributed by atoms with Crippen LogP contribution in [0.15, 0.2) is 24.3 Å². The molecule has 0 spiro atoms. The highest BCUT2D eigenvalue weighted by Gasteiger charge is 2.14. The number of aryl methyl sites for hydroxylation is 1. The van der Waals surface area contributed by atoms with Gasteiger partial charge in [0.15, 0.2) is 0 Å². The van der Waals surface area contributed by atoms with E-state index in [4.69, 9.17) is 4.74 Å². The Morgan fingerprint density at radius 2 is 2.00 bits per heavy atom. The molecule has 1 aromatic rings. The van der Waals surface area contributed by atoms with Crippen molar-refractivity contribution >= 4 is 15.9 Å². The number of hydrogen-bond acceptors (Lipinski definition) is 1. The molecule has 0 aliphatic carbocycles. The van der Waals surface area contributed by atoms with Crippen LogP contribution in [-0.4, -0.2) is 11.4 Å². The average Bonchev–Trinajstić information content (AvgIpc) is 2.26. The van der Waals surface area contributed by atoms with Crippen LogP contribution in [0.25, 0.3) is 0 Å². The molecule has 1 nitrogen and oxygen atoms in total. The minimum absolute atomic E-state index is 0.168. The standard InChI is InChI=1S/C13H19BrO/c1-4-11(3)15-13(9-14)12-8-6-5-7-10(12)2/h5-8,11,13H,4,9H2,1-3H3. The maximum absolute atomic E-state index is 5.97. The summed E-state index contributed by atoms with van der Waals surface area (Å²) in [6, 6.07) is 8.40. The summed E-state index contributed by atoms with van der Waals surface area (Å²) in [7, 11) is 0. The van der Waals surface area contributed by atoms with E-state index in [1.54, 1.807) is 0 Å². The molecule has 0 radical (unpaired) electrons. The highest BCUT2D eigenvalue weighted by atomic mass is 79.9. The van der Waals surface area contributed by atoms with Gasteiger partial charge in [-0.1, -0.05) is 47.1 Å². The number of halogens is 1. The highest BCUT2D eigenvalue weighted by Crippen LogP contribution is 2.24. The normalized spacial score (nSPS) is 14.9. The molecule has 2 unspecified atom stereocenters. The van der Waals surface area contributed by atoms with Crippen LogP contribution in [0.2, 0.25) is 0 Å². The lowest BCUT2D eigenvalue weighted by atomic mass is 10.0. The van der Waals surface area contributed by atoms with Crippen molar-refractivity contribution in [2.45, 2.75) is 39.4 Å². The van der Waals surface area contributed by atoms with Gasteiger partial charge < -0.3 is 4.74 Å². The first-order valence-electron chi connectivity index (χ1n) is 5.46. The van der Waals surface area contributed by atoms with E-state index in [1.165, 1.54) is 11.1 Å². The van der Waals surface area contributed by atoms with Gasteiger partial charge in [0.25, 0.3) is 0 Å². The Hall–Kier alpha value is -0.340. The Bertz CT molecular complexity index is 298. The molecule has 0 amide bonds. The highest BCUT2D eigenvalue weighted by molar-refractivity contribution is 9.09. The van der Waals surface area contributed by atoms with Crippen molar-refractivity contribution in [3.63, 3.8) is 0 Å². The van der Waals surface area contributed by atoms with E-state index in [9.17, 15) is 0 Å². The van der Waals surface area contributed by atoms with Gasteiger partial charge in [0.1, 0.15) is 0 Å². The number of benzene rings is 1. The van der Waals surface area contributed by atoms with Gasteiger partial charge in [0, 0.05) is 5.33 Å². The van der Waals surface area contributed by atoms with Crippen LogP contribution in [0.3, 0.4) is 0 Å². The summed E-state index contributed by atoms with van der Waals surface area (Å²) in [5, 5.41) is 0.849. The van der Waals surface area contributed by atoms with Gasteiger partial charge in [0.2, 0.25) is 0 Å². The third kappa shape index (κ3) is 3.62. The predicted molar refractivity (Wildman–Crippen MR) is 68.6 cm³/mol. The van der Waals surface area contributed by atoms with Gasteiger partial charge in [0.05, 0.1) is 12.2 Å². The van der Waals surface area contributed by atoms with E-state index >= 15 is 0 Å². The summed E-state index contributed by atoms with van der Waals surface area (Å²) in [4.78, 5) is 0. The first-order valence-corrected chi connectivity index (χ1v) is 6.58. The van der Waals surface area contributed by atoms with Crippen molar-refractivity contribution in [1.29, 1.82) is 0 Å². The lowest BCUT2D eigenvalue weighted by molar-refractivity contribution is 0.00855. The van der Waals surface area contributed by atoms with Crippen LogP contribution in [0.5, 0.6) is 0 Å². The molecule has 0 saturated carbocycles. The maximum atomic E-state index is 5.97. The second kappa shape index (κ2) is 6.29. The molecule has 84 valence electrons. The quantitative estimate of drug-likeness (QED) is 0.727. The van der Waals surface area contributed by atoms with Gasteiger partial charge in [-0.2, -0.15) is 0 Å². The Morgan fingerprint density at radius 1 is 1.33 bits per heavy atom. The van der Waals surface area contributed by atoms with Gasteiger partial charge in [-0.3, -0.25) is 0 Å². The molecule has 0 aromatic heterocycles. The van der Waals surface area contributed by atoms with Gasteiger partial charge in [-0.15, -0.1) is 0 Å². The molecule has 2 atom stereocenters. The molecule has 0 aliphatic rings. The SMILES string of the molecule is CCC(C)OC(CBr)c1ccccc1C. The second-order valence-electron chi connectivity index (χ2n) is 3.85. The summed E-state index contributed by atoms with van der Waals surface area (Å²) in [6.07, 6.45) is 1.53. The molecule has 0 heterocycles. The lowest BCUT2D eigenvalue weighted by Gasteiger charge is -2.21. The molecule has 1 rings (SSSR count). The molecule has 0 saturated heterocycles. The van der Waals surface area contributed by atoms with Crippen LogP contribution in [0, 0.1) is 6.92 Å². The molecule has 0 bridgehead atoms. The van der Waals surface area contributed by atoms with Crippen LogP contribution < -0.4 is 0 Å². The number of ether oxygens (including phenoxy) is 1. The minimum Gasteiger partial charge on any atom is -0.370 e. The van der Waals surface area contributed by atoms with Crippen molar-refractivity contribution in [1.82, 2.24) is 0 Å². The molecule has 1 aromatic carbocycles. The summed E-state index contributed by atoms with van der Waals surface area (Å²) in [5.41, 5.74) is 2.58. The third-order valence-electron chi connectivity index (χ3n) is 2.65. The van der Waals surface area contributed by atoms with Gasteiger partial charge >= 0.3 is 0 Å². The van der Waals surface area contributed by atoms with E-state index in [1.807, 2.05) is 0 Å². The number of hydrogen-bond donors (Lipinski definition) is 0. The van der Waals surface area contributed by atoms with E-state index < -0.39 is 0 Å². The topological polar surface area (TPSA) is 9.23 Å². The molecular formula is C13H19BrO. The van der Waals surface area contributed by atoms with Gasteiger partial charge in [-0.05, 0) is 31.4 Å². The average molecular weight is 271 g/mol. The molecule has 0 fully saturated rings. The van der Waals surface area contributed by atoms with Crippen molar-refractivity contribution in [2.24, 2.45) is 0 Å². The second-order valence-corrected chi connectivity index (χ2v) is 4.50. The van der Waals surface area contributed by atoms with Crippen molar-refractivity contribution < 1.29 is 4.74 Å². The molecule has 2 heteroatoms. The first-order chi connectivity index (χ1) is 7.19. The molecular weight excluding hydrogens is 252 g/mol. The zero-order valence-electron chi connectivity index (χ0n) is 9.66. The fourth-order valence-corrected chi connectivity index (χ4v) is 2.02. The summed E-state index contributed by atoms with van der Waals surface area (Å²) >= 11 is 3.52. The fourth-order valence-electron chi connectivity index (χ4n) is 1.52. The minimum atomic E-state index is 0.168. The smallest absolute Gasteiger partial charge is 0.0927 e. The lowest BCUT2D eigenvalue weighted by Crippen LogP contribution is -2.14. The van der Waals surface area contributed by atoms with Crippen molar-refractivity contribution in [3.8, 4) is 0 Å². The van der Waals surface area contributed by atoms with Crippen LogP contribution in [-0.2, 0) is 4.74 Å². The Labute approximate surface area is 101 Å². The summed E-state index contributed by atoms with van der Waals surface area (Å²) < 4.78 is 5.97. The predicted octanol–water partition coefficient (Wildman–Crippen LogP) is 4.25. The Balaban J connectivity index is 2.78. The summed E-state index contributed by atoms with van der Waals surface area (Å²) in [5.74, 6) is 0. The van der Waals surface area contributed by atoms with Gasteiger partial charge in [-0.25, -0.2) is 0 Å².